The number of imidazole rings is 1. The summed E-state index contributed by atoms with van der Waals surface area (Å²) in [4.78, 5) is 10.5. The molecule has 1 atom stereocenters. The summed E-state index contributed by atoms with van der Waals surface area (Å²) in [6, 6.07) is 15.3. The Labute approximate surface area is 193 Å². The van der Waals surface area contributed by atoms with Crippen LogP contribution in [0.5, 0.6) is 0 Å². The summed E-state index contributed by atoms with van der Waals surface area (Å²) < 4.78 is 4.15. The zero-order chi connectivity index (χ0) is 22.1. The van der Waals surface area contributed by atoms with Crippen LogP contribution in [0.25, 0.3) is 17.8 Å². The molecule has 0 amide bonds. The molecule has 0 saturated carbocycles. The molecule has 4 aromatic rings. The van der Waals surface area contributed by atoms with Crippen LogP contribution in [-0.2, 0) is 6.54 Å². The van der Waals surface area contributed by atoms with E-state index < -0.39 is 0 Å². The van der Waals surface area contributed by atoms with Crippen LogP contribution in [0.3, 0.4) is 0 Å². The van der Waals surface area contributed by atoms with E-state index in [-0.39, 0.29) is 0 Å². The summed E-state index contributed by atoms with van der Waals surface area (Å²) in [6.45, 7) is 5.07. The first-order valence-corrected chi connectivity index (χ1v) is 12.2. The molecule has 0 spiro atoms. The van der Waals surface area contributed by atoms with E-state index in [0.29, 0.717) is 5.92 Å². The van der Waals surface area contributed by atoms with Gasteiger partial charge in [0.15, 0.2) is 5.82 Å². The van der Waals surface area contributed by atoms with Gasteiger partial charge in [-0.05, 0) is 80.0 Å². The third-order valence-electron chi connectivity index (χ3n) is 6.04. The Bertz CT molecular complexity index is 1270. The zero-order valence-electron chi connectivity index (χ0n) is 18.7. The van der Waals surface area contributed by atoms with Crippen molar-refractivity contribution < 1.29 is 0 Å². The molecule has 3 heterocycles. The van der Waals surface area contributed by atoms with Gasteiger partial charge in [-0.1, -0.05) is 24.3 Å². The van der Waals surface area contributed by atoms with Crippen molar-refractivity contribution in [1.82, 2.24) is 24.3 Å². The van der Waals surface area contributed by atoms with E-state index in [2.05, 4.69) is 76.0 Å². The molecule has 0 unspecified atom stereocenters. The minimum absolute atomic E-state index is 0.314. The molecule has 162 valence electrons. The summed E-state index contributed by atoms with van der Waals surface area (Å²) in [5.74, 6) is 2.17. The smallest absolute Gasteiger partial charge is 0.174 e. The SMILES string of the molecule is CSc1ccc([C@H]2CCCn3nc(/C=C/c4ccc(-n5cnc(C)c5)c(C)c4)nc32)cc1. The van der Waals surface area contributed by atoms with Crippen molar-refractivity contribution in [1.29, 1.82) is 0 Å². The maximum atomic E-state index is 4.90. The second-order valence-corrected chi connectivity index (χ2v) is 9.20. The molecular formula is C26H27N5S. The molecule has 0 radical (unpaired) electrons. The molecule has 0 fully saturated rings. The fourth-order valence-electron chi connectivity index (χ4n) is 4.39. The van der Waals surface area contributed by atoms with Gasteiger partial charge in [0, 0.05) is 29.2 Å². The van der Waals surface area contributed by atoms with Crippen molar-refractivity contribution in [2.24, 2.45) is 0 Å². The van der Waals surface area contributed by atoms with Crippen LogP contribution < -0.4 is 0 Å². The third-order valence-corrected chi connectivity index (χ3v) is 6.79. The average molecular weight is 442 g/mol. The molecule has 32 heavy (non-hydrogen) atoms. The predicted molar refractivity (Wildman–Crippen MR) is 131 cm³/mol. The predicted octanol–water partition coefficient (Wildman–Crippen LogP) is 5.90. The maximum absolute atomic E-state index is 4.90. The highest BCUT2D eigenvalue weighted by molar-refractivity contribution is 7.98. The molecule has 1 aliphatic rings. The maximum Gasteiger partial charge on any atom is 0.174 e. The molecular weight excluding hydrogens is 414 g/mol. The lowest BCUT2D eigenvalue weighted by Crippen LogP contribution is -2.17. The molecule has 5 nitrogen and oxygen atoms in total. The summed E-state index contributed by atoms with van der Waals surface area (Å²) in [5, 5.41) is 4.77. The Balaban J connectivity index is 1.37. The van der Waals surface area contributed by atoms with Crippen molar-refractivity contribution in [3.8, 4) is 5.69 Å². The number of hydrogen-bond acceptors (Lipinski definition) is 4. The van der Waals surface area contributed by atoms with Crippen molar-refractivity contribution in [2.45, 2.75) is 44.0 Å². The van der Waals surface area contributed by atoms with Crippen LogP contribution in [0.15, 0.2) is 59.9 Å². The number of aryl methyl sites for hydroxylation is 3. The van der Waals surface area contributed by atoms with Gasteiger partial charge in [-0.2, -0.15) is 5.10 Å². The molecule has 2 aromatic heterocycles. The van der Waals surface area contributed by atoms with Crippen molar-refractivity contribution in [2.75, 3.05) is 6.26 Å². The summed E-state index contributed by atoms with van der Waals surface area (Å²) in [6.07, 6.45) is 12.4. The van der Waals surface area contributed by atoms with Crippen molar-refractivity contribution >= 4 is 23.9 Å². The highest BCUT2D eigenvalue weighted by Crippen LogP contribution is 2.33. The van der Waals surface area contributed by atoms with Gasteiger partial charge in [0.05, 0.1) is 12.0 Å². The van der Waals surface area contributed by atoms with E-state index in [1.807, 2.05) is 25.5 Å². The quantitative estimate of drug-likeness (QED) is 0.362. The summed E-state index contributed by atoms with van der Waals surface area (Å²) in [7, 11) is 0. The lowest BCUT2D eigenvalue weighted by Gasteiger charge is -2.22. The molecule has 5 rings (SSSR count). The van der Waals surface area contributed by atoms with E-state index in [4.69, 9.17) is 10.1 Å². The molecule has 0 saturated heterocycles. The monoisotopic (exact) mass is 441 g/mol. The Kier molecular flexibility index (Phi) is 5.70. The van der Waals surface area contributed by atoms with Gasteiger partial charge in [-0.25, -0.2) is 14.6 Å². The van der Waals surface area contributed by atoms with E-state index in [0.717, 1.165) is 48.0 Å². The fraction of sp³-hybridized carbons (Fsp3) is 0.269. The number of benzene rings is 2. The highest BCUT2D eigenvalue weighted by Gasteiger charge is 2.25. The van der Waals surface area contributed by atoms with E-state index >= 15 is 0 Å². The van der Waals surface area contributed by atoms with E-state index in [1.165, 1.54) is 16.0 Å². The second-order valence-electron chi connectivity index (χ2n) is 8.32. The minimum Gasteiger partial charge on any atom is -0.306 e. The third kappa shape index (κ3) is 4.15. The summed E-state index contributed by atoms with van der Waals surface area (Å²) in [5.41, 5.74) is 5.83. The molecule has 0 aliphatic carbocycles. The molecule has 0 N–H and O–H groups in total. The van der Waals surface area contributed by atoms with Crippen LogP contribution in [-0.4, -0.2) is 30.6 Å². The molecule has 1 aliphatic heterocycles. The van der Waals surface area contributed by atoms with Crippen molar-refractivity contribution in [3.63, 3.8) is 0 Å². The first-order valence-electron chi connectivity index (χ1n) is 11.0. The average Bonchev–Trinajstić information content (AvgIpc) is 3.43. The highest BCUT2D eigenvalue weighted by atomic mass is 32.2. The standard InChI is InChI=1S/C26H27N5S/c1-18-15-20(6-12-24(18)30-16-19(2)27-17-30)7-13-25-28-26-23(5-4-14-31(26)29-25)21-8-10-22(32-3)11-9-21/h6-13,15-17,23H,4-5,14H2,1-3H3/b13-7+/t23-/m1/s1. The lowest BCUT2D eigenvalue weighted by molar-refractivity contribution is 0.445. The van der Waals surface area contributed by atoms with Crippen LogP contribution >= 0.6 is 11.8 Å². The lowest BCUT2D eigenvalue weighted by atomic mass is 9.91. The Hall–Kier alpha value is -3.12. The topological polar surface area (TPSA) is 48.5 Å². The Morgan fingerprint density at radius 3 is 2.62 bits per heavy atom. The van der Waals surface area contributed by atoms with Crippen molar-refractivity contribution in [3.05, 3.63) is 89.0 Å². The normalized spacial score (nSPS) is 15.9. The van der Waals surface area contributed by atoms with Gasteiger partial charge in [0.2, 0.25) is 0 Å². The van der Waals surface area contributed by atoms with Crippen LogP contribution in [0.1, 0.15) is 52.8 Å². The summed E-state index contributed by atoms with van der Waals surface area (Å²) >= 11 is 1.77. The fourth-order valence-corrected chi connectivity index (χ4v) is 4.80. The number of hydrogen-bond donors (Lipinski definition) is 0. The van der Waals surface area contributed by atoms with E-state index in [1.54, 1.807) is 11.8 Å². The number of nitrogens with zero attached hydrogens (tertiary/aromatic N) is 5. The Morgan fingerprint density at radius 1 is 1.06 bits per heavy atom. The molecule has 6 heteroatoms. The first-order chi connectivity index (χ1) is 15.6. The number of fused-ring (bicyclic) bond motifs is 1. The van der Waals surface area contributed by atoms with Crippen LogP contribution in [0.2, 0.25) is 0 Å². The number of aromatic nitrogens is 5. The van der Waals surface area contributed by atoms with E-state index in [9.17, 15) is 0 Å². The van der Waals surface area contributed by atoms with Gasteiger partial charge in [0.25, 0.3) is 0 Å². The van der Waals surface area contributed by atoms with Gasteiger partial charge >= 0.3 is 0 Å². The Morgan fingerprint density at radius 2 is 1.91 bits per heavy atom. The minimum atomic E-state index is 0.314. The van der Waals surface area contributed by atoms with Crippen LogP contribution in [0.4, 0.5) is 0 Å². The largest absolute Gasteiger partial charge is 0.306 e. The second kappa shape index (κ2) is 8.79. The number of thioether (sulfide) groups is 1. The molecule has 2 aromatic carbocycles. The number of rotatable bonds is 5. The molecule has 0 bridgehead atoms. The first kappa shape index (κ1) is 20.8. The van der Waals surface area contributed by atoms with Gasteiger partial charge < -0.3 is 4.57 Å². The van der Waals surface area contributed by atoms with Gasteiger partial charge in [-0.3, -0.25) is 0 Å². The van der Waals surface area contributed by atoms with Gasteiger partial charge in [-0.15, -0.1) is 11.8 Å². The van der Waals surface area contributed by atoms with Crippen LogP contribution in [0, 0.1) is 13.8 Å². The zero-order valence-corrected chi connectivity index (χ0v) is 19.5. The van der Waals surface area contributed by atoms with Gasteiger partial charge in [0.1, 0.15) is 5.82 Å².